The number of benzene rings is 7. The number of carbonyl (C=O) groups excluding carboxylic acids is 6. The third-order valence-electron chi connectivity index (χ3n) is 17.0. The van der Waals surface area contributed by atoms with Crippen molar-refractivity contribution < 1.29 is 64.1 Å². The van der Waals surface area contributed by atoms with Crippen molar-refractivity contribution in [2.24, 2.45) is 0 Å². The van der Waals surface area contributed by atoms with Crippen LogP contribution in [0.15, 0.2) is 0 Å². The van der Waals surface area contributed by atoms with Gasteiger partial charge < -0.3 is 35.4 Å². The highest BCUT2D eigenvalue weighted by Gasteiger charge is 2.41. The first-order valence-electron chi connectivity index (χ1n) is 23.9. The normalized spacial score (nSPS) is 13.7. The minimum atomic E-state index is -0.637. The molecule has 0 fully saturated rings. The monoisotopic (exact) mass is 986 g/mol. The average molecular weight is 987 g/mol. The molecular weight excluding hydrogens is 929 g/mol. The Kier molecular flexibility index (Phi) is 12.2. The van der Waals surface area contributed by atoms with Crippen molar-refractivity contribution >= 4 is 67.4 Å². The lowest BCUT2D eigenvalue weighted by atomic mass is 9.75. The van der Waals surface area contributed by atoms with Gasteiger partial charge in [-0.05, 0) is 200 Å². The number of ether oxygens (including phenoxy) is 1. The molecule has 2 aliphatic carbocycles. The molecule has 0 aromatic heterocycles. The van der Waals surface area contributed by atoms with Crippen molar-refractivity contribution in [1.29, 1.82) is 0 Å². The summed E-state index contributed by atoms with van der Waals surface area (Å²) in [6, 6.07) is 0. The van der Waals surface area contributed by atoms with E-state index in [2.05, 4.69) is 4.74 Å². The fourth-order valence-corrected chi connectivity index (χ4v) is 11.3. The highest BCUT2D eigenvalue weighted by atomic mass is 16.6. The second-order valence-electron chi connectivity index (χ2n) is 20.0. The minimum absolute atomic E-state index is 0.0213. The van der Waals surface area contributed by atoms with Gasteiger partial charge in [-0.15, -0.1) is 0 Å². The molecule has 0 atom stereocenters. The zero-order chi connectivity index (χ0) is 54.4. The molecule has 0 bridgehead atoms. The van der Waals surface area contributed by atoms with Gasteiger partial charge in [0.25, 0.3) is 0 Å². The molecule has 0 amide bonds. The standard InChI is InChI=1S/C30H28O6.C18H18O4.C12H12O3/c1-9-10(2)14(6)18-17(13(9)5)25(31)21-22(26(18)32)30(36)24-23(29(21)35)27(33)19-15(7)11(3)12(4)16(8)20(19)28(24)34;1-7-8(2)10(4)14-13(9(7)3)17(21)15-11(19)5-6-12(20)16(15)18(14)22;1-5-6(2)8(4)10-9(7(5)3)11(13)15-12(10)14/h31-32,35-36H,1-8H3;21-22H,5-6H2,1-4H3;1-4H3. The largest absolute Gasteiger partial charge is 0.507 e. The molecule has 13 heteroatoms. The van der Waals surface area contributed by atoms with Gasteiger partial charge in [-0.1, -0.05) is 0 Å². The molecule has 1 heterocycles. The van der Waals surface area contributed by atoms with Gasteiger partial charge in [0.2, 0.25) is 0 Å². The molecule has 0 saturated carbocycles. The number of hydrogen-bond donors (Lipinski definition) is 6. The summed E-state index contributed by atoms with van der Waals surface area (Å²) >= 11 is 0. The number of hydrogen-bond acceptors (Lipinski definition) is 13. The predicted octanol–water partition coefficient (Wildman–Crippen LogP) is 11.9. The van der Waals surface area contributed by atoms with E-state index >= 15 is 0 Å². The Morgan fingerprint density at radius 3 is 0.740 bits per heavy atom. The lowest BCUT2D eigenvalue weighted by Crippen LogP contribution is -2.25. The van der Waals surface area contributed by atoms with Crippen LogP contribution in [0.5, 0.6) is 34.5 Å². The summed E-state index contributed by atoms with van der Waals surface area (Å²) in [5.41, 5.74) is 14.1. The summed E-state index contributed by atoms with van der Waals surface area (Å²) in [6.07, 6.45) is 0.153. The van der Waals surface area contributed by atoms with Crippen molar-refractivity contribution in [3.8, 4) is 34.5 Å². The smallest absolute Gasteiger partial charge is 0.347 e. The van der Waals surface area contributed by atoms with E-state index in [1.165, 1.54) is 0 Å². The molecule has 0 saturated heterocycles. The molecule has 13 nitrogen and oxygen atoms in total. The summed E-state index contributed by atoms with van der Waals surface area (Å²) in [7, 11) is 0. The number of Topliss-reactive ketones (excluding diaryl/α,β-unsaturated/α-hetero) is 2. The lowest BCUT2D eigenvalue weighted by Gasteiger charge is -2.27. The Labute approximate surface area is 421 Å². The van der Waals surface area contributed by atoms with Crippen LogP contribution < -0.4 is 0 Å². The van der Waals surface area contributed by atoms with Crippen LogP contribution in [-0.2, 0) is 4.74 Å². The molecule has 1 aliphatic heterocycles. The maximum absolute atomic E-state index is 13.8. The van der Waals surface area contributed by atoms with E-state index in [-0.39, 0.29) is 91.6 Å². The quantitative estimate of drug-likeness (QED) is 0.0360. The van der Waals surface area contributed by atoms with Crippen molar-refractivity contribution in [3.05, 3.63) is 134 Å². The number of cyclic esters (lactones) is 2. The van der Waals surface area contributed by atoms with E-state index in [0.717, 1.165) is 66.8 Å². The molecule has 6 N–H and O–H groups in total. The highest BCUT2D eigenvalue weighted by molar-refractivity contribution is 6.35. The first-order chi connectivity index (χ1) is 34.0. The van der Waals surface area contributed by atoms with E-state index < -0.39 is 35.0 Å². The summed E-state index contributed by atoms with van der Waals surface area (Å²) < 4.78 is 4.63. The van der Waals surface area contributed by atoms with Crippen molar-refractivity contribution in [2.45, 2.75) is 124 Å². The molecule has 376 valence electrons. The summed E-state index contributed by atoms with van der Waals surface area (Å²) in [5.74, 6) is -5.18. The average Bonchev–Trinajstić information content (AvgIpc) is 3.65. The molecule has 0 radical (unpaired) electrons. The lowest BCUT2D eigenvalue weighted by molar-refractivity contribution is 0.0442. The van der Waals surface area contributed by atoms with Gasteiger partial charge >= 0.3 is 11.9 Å². The molecule has 0 spiro atoms. The van der Waals surface area contributed by atoms with E-state index in [9.17, 15) is 59.4 Å². The molecule has 10 rings (SSSR count). The number of phenols is 6. The van der Waals surface area contributed by atoms with Crippen molar-refractivity contribution in [3.63, 3.8) is 0 Å². The van der Waals surface area contributed by atoms with Gasteiger partial charge in [0, 0.05) is 45.5 Å². The number of carbonyl (C=O) groups is 6. The van der Waals surface area contributed by atoms with Crippen molar-refractivity contribution in [2.75, 3.05) is 0 Å². The number of phenolic OH excluding ortho intramolecular Hbond substituents is 6. The number of fused-ring (bicyclic) bond motifs is 7. The van der Waals surface area contributed by atoms with Gasteiger partial charge in [-0.2, -0.15) is 0 Å². The van der Waals surface area contributed by atoms with E-state index in [1.54, 1.807) is 27.7 Å². The molecular formula is C60H58O13. The van der Waals surface area contributed by atoms with Gasteiger partial charge in [-0.25, -0.2) is 9.59 Å². The molecule has 3 aliphatic rings. The summed E-state index contributed by atoms with van der Waals surface area (Å²) in [5, 5.41) is 68.0. The molecule has 7 aromatic rings. The minimum Gasteiger partial charge on any atom is -0.507 e. The van der Waals surface area contributed by atoms with Crippen LogP contribution in [0.2, 0.25) is 0 Å². The van der Waals surface area contributed by atoms with Crippen LogP contribution in [0.3, 0.4) is 0 Å². The van der Waals surface area contributed by atoms with Crippen LogP contribution in [0, 0.1) is 111 Å². The Morgan fingerprint density at radius 1 is 0.247 bits per heavy atom. The van der Waals surface area contributed by atoms with Crippen LogP contribution in [0.1, 0.15) is 175 Å². The third kappa shape index (κ3) is 6.87. The number of ketones is 4. The van der Waals surface area contributed by atoms with Gasteiger partial charge in [0.15, 0.2) is 23.1 Å². The zero-order valence-electron chi connectivity index (χ0n) is 44.0. The Hall–Kier alpha value is -8.06. The molecule has 0 unspecified atom stereocenters. The Morgan fingerprint density at radius 2 is 0.466 bits per heavy atom. The predicted molar refractivity (Wildman–Crippen MR) is 279 cm³/mol. The van der Waals surface area contributed by atoms with E-state index in [1.807, 2.05) is 83.1 Å². The topological polar surface area (TPSA) is 233 Å². The van der Waals surface area contributed by atoms with Crippen molar-refractivity contribution in [1.82, 2.24) is 0 Å². The summed E-state index contributed by atoms with van der Waals surface area (Å²) in [4.78, 5) is 74.9. The van der Waals surface area contributed by atoms with Crippen LogP contribution >= 0.6 is 0 Å². The number of aromatic hydroxyl groups is 6. The fraction of sp³-hybridized carbons (Fsp3) is 0.300. The summed E-state index contributed by atoms with van der Waals surface area (Å²) in [6.45, 7) is 29.8. The highest BCUT2D eigenvalue weighted by Crippen LogP contribution is 2.56. The second kappa shape index (κ2) is 17.3. The number of esters is 2. The first kappa shape index (κ1) is 51.3. The Bertz CT molecular complexity index is 3630. The fourth-order valence-electron chi connectivity index (χ4n) is 11.3. The van der Waals surface area contributed by atoms with E-state index in [4.69, 9.17) is 0 Å². The first-order valence-corrected chi connectivity index (χ1v) is 23.9. The SMILES string of the molecule is Cc1c(C)c(C)c2c(O)c3c(c(O)c2c1C)C(=O)CCC3=O.Cc1c(C)c(C)c2c(c1C)C(=O)OC2=O.Cc1c(C)c(C)c2c(c1C)C(=O)c1c(c(O)c3c(O)c4c(C)c(C)c(C)c(C)c4c(O)c3c1O)C2=O. The maximum Gasteiger partial charge on any atom is 0.347 e. The number of aryl methyl sites for hydroxylation is 4. The third-order valence-corrected chi connectivity index (χ3v) is 17.0. The van der Waals surface area contributed by atoms with Crippen LogP contribution in [0.4, 0.5) is 0 Å². The van der Waals surface area contributed by atoms with Crippen LogP contribution in [-0.4, -0.2) is 65.7 Å². The van der Waals surface area contributed by atoms with Crippen LogP contribution in [0.25, 0.3) is 32.3 Å². The van der Waals surface area contributed by atoms with E-state index in [0.29, 0.717) is 54.9 Å². The second-order valence-corrected chi connectivity index (χ2v) is 20.0. The zero-order valence-corrected chi connectivity index (χ0v) is 44.0. The molecule has 7 aromatic carbocycles. The van der Waals surface area contributed by atoms with Gasteiger partial charge in [0.1, 0.15) is 34.5 Å². The van der Waals surface area contributed by atoms with Gasteiger partial charge in [0.05, 0.1) is 44.2 Å². The molecule has 73 heavy (non-hydrogen) atoms. The Balaban J connectivity index is 0.000000162. The maximum atomic E-state index is 13.8. The number of rotatable bonds is 0. The van der Waals surface area contributed by atoms with Gasteiger partial charge in [-0.3, -0.25) is 19.2 Å².